The molecule has 0 aromatic rings. The van der Waals surface area contributed by atoms with Crippen molar-refractivity contribution in [2.24, 2.45) is 11.8 Å². The molecule has 2 N–H and O–H groups in total. The number of carbonyl (C=O) groups excluding carboxylic acids is 1. The van der Waals surface area contributed by atoms with Crippen molar-refractivity contribution < 1.29 is 19.4 Å². The van der Waals surface area contributed by atoms with Crippen molar-refractivity contribution in [2.75, 3.05) is 25.5 Å². The number of carboxylic acid groups (broad SMARTS) is 1. The molecule has 7 heteroatoms. The van der Waals surface area contributed by atoms with Crippen LogP contribution < -0.4 is 5.32 Å². The van der Waals surface area contributed by atoms with Crippen molar-refractivity contribution in [2.45, 2.75) is 30.7 Å². The Labute approximate surface area is 122 Å². The predicted octanol–water partition coefficient (Wildman–Crippen LogP) is 0.971. The molecule has 1 saturated carbocycles. The summed E-state index contributed by atoms with van der Waals surface area (Å²) in [7, 11) is 0. The number of carbonyl (C=O) groups is 2. The predicted molar refractivity (Wildman–Crippen MR) is 74.6 cm³/mol. The average molecular weight is 300 g/mol. The number of rotatable bonds is 4. The number of nitrogens with one attached hydrogen (secondary N) is 1. The Kier molecular flexibility index (Phi) is 4.07. The van der Waals surface area contributed by atoms with Gasteiger partial charge in [-0.05, 0) is 25.2 Å². The first kappa shape index (κ1) is 14.0. The van der Waals surface area contributed by atoms with E-state index in [1.165, 1.54) is 0 Å². The van der Waals surface area contributed by atoms with Gasteiger partial charge < -0.3 is 15.2 Å². The van der Waals surface area contributed by atoms with E-state index in [1.54, 1.807) is 16.7 Å². The maximum absolute atomic E-state index is 12.4. The molecule has 0 spiro atoms. The maximum Gasteiger partial charge on any atom is 0.327 e. The number of urea groups is 1. The van der Waals surface area contributed by atoms with Crippen LogP contribution in [0, 0.1) is 11.8 Å². The van der Waals surface area contributed by atoms with Crippen LogP contribution in [0.2, 0.25) is 0 Å². The number of thioether (sulfide) groups is 1. The van der Waals surface area contributed by atoms with E-state index in [0.29, 0.717) is 30.7 Å². The molecule has 3 atom stereocenters. The average Bonchev–Trinajstić information content (AvgIpc) is 2.97. The van der Waals surface area contributed by atoms with Gasteiger partial charge in [-0.25, -0.2) is 9.59 Å². The Morgan fingerprint density at radius 3 is 2.75 bits per heavy atom. The van der Waals surface area contributed by atoms with Gasteiger partial charge in [0.05, 0.1) is 12.0 Å². The van der Waals surface area contributed by atoms with E-state index in [9.17, 15) is 14.7 Å². The summed E-state index contributed by atoms with van der Waals surface area (Å²) in [5.74, 6) is 0.429. The van der Waals surface area contributed by atoms with Gasteiger partial charge in [0.25, 0.3) is 0 Å². The lowest BCUT2D eigenvalue weighted by atomic mass is 10.1. The van der Waals surface area contributed by atoms with Gasteiger partial charge in [-0.15, -0.1) is 11.8 Å². The molecule has 3 fully saturated rings. The Balaban J connectivity index is 1.60. The van der Waals surface area contributed by atoms with Crippen LogP contribution in [0.25, 0.3) is 0 Å². The second kappa shape index (κ2) is 5.81. The summed E-state index contributed by atoms with van der Waals surface area (Å²) in [5, 5.41) is 12.2. The highest BCUT2D eigenvalue weighted by molar-refractivity contribution is 8.00. The standard InChI is InChI=1S/C13H20N2O4S/c16-12(17)10-7-20-11(9-1-2-9)15(10)13(18)14-5-8-3-4-19-6-8/h8-11H,1-7H2,(H,14,18)(H,16,17). The molecule has 2 heterocycles. The minimum atomic E-state index is -0.903. The Hall–Kier alpha value is -0.950. The van der Waals surface area contributed by atoms with Crippen molar-refractivity contribution in [3.8, 4) is 0 Å². The van der Waals surface area contributed by atoms with Crippen molar-refractivity contribution in [3.63, 3.8) is 0 Å². The monoisotopic (exact) mass is 300 g/mol. The zero-order chi connectivity index (χ0) is 14.1. The molecule has 0 aromatic carbocycles. The third kappa shape index (κ3) is 2.88. The molecule has 0 radical (unpaired) electrons. The number of amides is 2. The number of hydrogen-bond acceptors (Lipinski definition) is 4. The van der Waals surface area contributed by atoms with Gasteiger partial charge in [0.15, 0.2) is 0 Å². The molecule has 20 heavy (non-hydrogen) atoms. The van der Waals surface area contributed by atoms with Crippen molar-refractivity contribution >= 4 is 23.8 Å². The molecule has 3 unspecified atom stereocenters. The molecule has 112 valence electrons. The fourth-order valence-corrected chi connectivity index (χ4v) is 4.42. The fraction of sp³-hybridized carbons (Fsp3) is 0.846. The van der Waals surface area contributed by atoms with E-state index in [4.69, 9.17) is 4.74 Å². The van der Waals surface area contributed by atoms with E-state index in [-0.39, 0.29) is 11.4 Å². The van der Waals surface area contributed by atoms with Gasteiger partial charge in [0.1, 0.15) is 6.04 Å². The van der Waals surface area contributed by atoms with Gasteiger partial charge in [0.2, 0.25) is 0 Å². The summed E-state index contributed by atoms with van der Waals surface area (Å²) in [5.41, 5.74) is 0. The lowest BCUT2D eigenvalue weighted by Gasteiger charge is -2.28. The Bertz CT molecular complexity index is 396. The van der Waals surface area contributed by atoms with E-state index in [1.807, 2.05) is 0 Å². The lowest BCUT2D eigenvalue weighted by molar-refractivity contribution is -0.141. The maximum atomic E-state index is 12.4. The molecule has 6 nitrogen and oxygen atoms in total. The first-order chi connectivity index (χ1) is 9.66. The van der Waals surface area contributed by atoms with Crippen LogP contribution in [0.15, 0.2) is 0 Å². The third-order valence-electron chi connectivity index (χ3n) is 4.15. The summed E-state index contributed by atoms with van der Waals surface area (Å²) in [6, 6.07) is -0.920. The first-order valence-electron chi connectivity index (χ1n) is 7.15. The van der Waals surface area contributed by atoms with E-state index in [2.05, 4.69) is 5.32 Å². The zero-order valence-corrected chi connectivity index (χ0v) is 12.1. The number of carboxylic acids is 1. The van der Waals surface area contributed by atoms with Crippen LogP contribution in [0.1, 0.15) is 19.3 Å². The lowest BCUT2D eigenvalue weighted by Crippen LogP contribution is -2.51. The second-order valence-corrected chi connectivity index (χ2v) is 6.89. The van der Waals surface area contributed by atoms with Crippen LogP contribution in [-0.2, 0) is 9.53 Å². The second-order valence-electron chi connectivity index (χ2n) is 5.74. The van der Waals surface area contributed by atoms with Crippen LogP contribution >= 0.6 is 11.8 Å². The normalized spacial score (nSPS) is 33.4. The highest BCUT2D eigenvalue weighted by Crippen LogP contribution is 2.45. The Morgan fingerprint density at radius 2 is 2.15 bits per heavy atom. The minimum absolute atomic E-state index is 0.0379. The van der Waals surface area contributed by atoms with Gasteiger partial charge in [-0.1, -0.05) is 0 Å². The molecule has 3 rings (SSSR count). The van der Waals surface area contributed by atoms with Crippen LogP contribution in [0.3, 0.4) is 0 Å². The smallest absolute Gasteiger partial charge is 0.327 e. The number of nitrogens with zero attached hydrogens (tertiary/aromatic N) is 1. The summed E-state index contributed by atoms with van der Waals surface area (Å²) >= 11 is 1.60. The number of hydrogen-bond donors (Lipinski definition) is 2. The molecule has 0 aromatic heterocycles. The molecule has 2 amide bonds. The summed E-state index contributed by atoms with van der Waals surface area (Å²) in [6.07, 6.45) is 3.16. The number of ether oxygens (including phenoxy) is 1. The van der Waals surface area contributed by atoms with Crippen molar-refractivity contribution in [1.29, 1.82) is 0 Å². The largest absolute Gasteiger partial charge is 0.480 e. The highest BCUT2D eigenvalue weighted by atomic mass is 32.2. The van der Waals surface area contributed by atoms with Gasteiger partial charge in [0, 0.05) is 24.8 Å². The van der Waals surface area contributed by atoms with Crippen molar-refractivity contribution in [1.82, 2.24) is 10.2 Å². The van der Waals surface area contributed by atoms with Crippen LogP contribution in [-0.4, -0.2) is 58.9 Å². The van der Waals surface area contributed by atoms with Crippen LogP contribution in [0.5, 0.6) is 0 Å². The summed E-state index contributed by atoms with van der Waals surface area (Å²) < 4.78 is 5.28. The molecule has 3 aliphatic rings. The SMILES string of the molecule is O=C(O)C1CSC(C2CC2)N1C(=O)NCC1CCOC1. The highest BCUT2D eigenvalue weighted by Gasteiger charge is 2.48. The fourth-order valence-electron chi connectivity index (χ4n) is 2.79. The number of aliphatic carboxylic acids is 1. The molecule has 2 aliphatic heterocycles. The topological polar surface area (TPSA) is 78.9 Å². The van der Waals surface area contributed by atoms with E-state index >= 15 is 0 Å². The van der Waals surface area contributed by atoms with E-state index in [0.717, 1.165) is 25.9 Å². The van der Waals surface area contributed by atoms with Crippen LogP contribution in [0.4, 0.5) is 4.79 Å². The first-order valence-corrected chi connectivity index (χ1v) is 8.20. The molecular formula is C13H20N2O4S. The molecule has 1 aliphatic carbocycles. The van der Waals surface area contributed by atoms with Gasteiger partial charge in [-0.2, -0.15) is 0 Å². The zero-order valence-electron chi connectivity index (χ0n) is 11.3. The van der Waals surface area contributed by atoms with Gasteiger partial charge >= 0.3 is 12.0 Å². The quantitative estimate of drug-likeness (QED) is 0.809. The third-order valence-corrected chi connectivity index (χ3v) is 5.61. The summed E-state index contributed by atoms with van der Waals surface area (Å²) in [6.45, 7) is 2.01. The van der Waals surface area contributed by atoms with Gasteiger partial charge in [-0.3, -0.25) is 4.90 Å². The van der Waals surface area contributed by atoms with E-state index < -0.39 is 12.0 Å². The Morgan fingerprint density at radius 1 is 1.35 bits per heavy atom. The minimum Gasteiger partial charge on any atom is -0.480 e. The summed E-state index contributed by atoms with van der Waals surface area (Å²) in [4.78, 5) is 25.2. The molecular weight excluding hydrogens is 280 g/mol. The molecule has 0 bridgehead atoms. The molecule has 2 saturated heterocycles. The van der Waals surface area contributed by atoms with Crippen molar-refractivity contribution in [3.05, 3.63) is 0 Å².